The number of fused-ring (bicyclic) bond motifs is 3. The monoisotopic (exact) mass is 452 g/mol. The first kappa shape index (κ1) is 20.9. The van der Waals surface area contributed by atoms with E-state index >= 15 is 0 Å². The van der Waals surface area contributed by atoms with E-state index in [1.165, 1.54) is 18.2 Å². The molecule has 1 atom stereocenters. The summed E-state index contributed by atoms with van der Waals surface area (Å²) in [5.41, 5.74) is 2.06. The van der Waals surface area contributed by atoms with Crippen LogP contribution in [0, 0.1) is 11.6 Å². The van der Waals surface area contributed by atoms with E-state index in [0.717, 1.165) is 40.2 Å². The lowest BCUT2D eigenvalue weighted by Crippen LogP contribution is -2.34. The van der Waals surface area contributed by atoms with Crippen LogP contribution >= 0.6 is 11.3 Å². The van der Waals surface area contributed by atoms with Crippen LogP contribution in [0.5, 0.6) is 0 Å². The largest absolute Gasteiger partial charge is 0.309 e. The standard InChI is InChI=1S/C24H22F2N4OS/c25-19-5-3-6-20(26)18(19)13-28-16-7-8-17-21(12-16)32-23-22(17)24(31)30(14-29-23)11-9-15-4-1-2-10-27-15/h1-6,10,14,16,28H,7-9,11-13H2. The number of aromatic nitrogens is 3. The summed E-state index contributed by atoms with van der Waals surface area (Å²) >= 11 is 1.54. The summed E-state index contributed by atoms with van der Waals surface area (Å²) in [6.07, 6.45) is 6.30. The van der Waals surface area contributed by atoms with Crippen LogP contribution < -0.4 is 10.9 Å². The van der Waals surface area contributed by atoms with Crippen molar-refractivity contribution in [2.24, 2.45) is 0 Å². The van der Waals surface area contributed by atoms with Gasteiger partial charge in [0.15, 0.2) is 0 Å². The molecular weight excluding hydrogens is 430 g/mol. The molecule has 0 aliphatic heterocycles. The Kier molecular flexibility index (Phi) is 5.80. The summed E-state index contributed by atoms with van der Waals surface area (Å²) in [6.45, 7) is 0.670. The van der Waals surface area contributed by atoms with E-state index < -0.39 is 11.6 Å². The SMILES string of the molecule is O=c1c2c3c(sc2ncn1CCc1ccccn1)CC(NCc1c(F)cccc1F)CC3. The molecule has 8 heteroatoms. The summed E-state index contributed by atoms with van der Waals surface area (Å²) < 4.78 is 29.5. The molecule has 3 aromatic heterocycles. The van der Waals surface area contributed by atoms with Crippen LogP contribution in [0.2, 0.25) is 0 Å². The van der Waals surface area contributed by atoms with Crippen LogP contribution in [0.25, 0.3) is 10.2 Å². The van der Waals surface area contributed by atoms with Gasteiger partial charge in [0, 0.05) is 47.9 Å². The van der Waals surface area contributed by atoms with Crippen molar-refractivity contribution in [3.05, 3.63) is 92.6 Å². The summed E-state index contributed by atoms with van der Waals surface area (Å²) in [6, 6.07) is 9.77. The highest BCUT2D eigenvalue weighted by Gasteiger charge is 2.25. The molecule has 4 aromatic rings. The Labute approximate surface area is 187 Å². The first-order valence-corrected chi connectivity index (χ1v) is 11.5. The van der Waals surface area contributed by atoms with Crippen molar-refractivity contribution >= 4 is 21.6 Å². The number of hydrogen-bond donors (Lipinski definition) is 1. The molecule has 0 spiro atoms. The third kappa shape index (κ3) is 4.08. The highest BCUT2D eigenvalue weighted by atomic mass is 32.1. The van der Waals surface area contributed by atoms with Gasteiger partial charge in [0.25, 0.3) is 5.56 Å². The molecule has 0 bridgehead atoms. The maximum atomic E-state index is 13.9. The lowest BCUT2D eigenvalue weighted by molar-refractivity contribution is 0.445. The van der Waals surface area contributed by atoms with Gasteiger partial charge in [-0.2, -0.15) is 0 Å². The molecule has 164 valence electrons. The third-order valence-corrected chi connectivity index (χ3v) is 7.16. The minimum atomic E-state index is -0.536. The molecule has 1 aromatic carbocycles. The van der Waals surface area contributed by atoms with Crippen LogP contribution in [0.1, 0.15) is 28.1 Å². The maximum Gasteiger partial charge on any atom is 0.262 e. The highest BCUT2D eigenvalue weighted by Crippen LogP contribution is 2.33. The molecule has 0 amide bonds. The van der Waals surface area contributed by atoms with Crippen LogP contribution in [-0.2, 0) is 32.4 Å². The Morgan fingerprint density at radius 1 is 1.12 bits per heavy atom. The van der Waals surface area contributed by atoms with Crippen molar-refractivity contribution in [1.29, 1.82) is 0 Å². The van der Waals surface area contributed by atoms with Gasteiger partial charge < -0.3 is 5.32 Å². The number of aryl methyl sites for hydroxylation is 3. The Balaban J connectivity index is 1.33. The molecule has 1 aliphatic carbocycles. The molecule has 32 heavy (non-hydrogen) atoms. The summed E-state index contributed by atoms with van der Waals surface area (Å²) in [7, 11) is 0. The lowest BCUT2D eigenvalue weighted by Gasteiger charge is -2.23. The first-order chi connectivity index (χ1) is 15.6. The topological polar surface area (TPSA) is 59.8 Å². The second-order valence-corrected chi connectivity index (χ2v) is 9.10. The van der Waals surface area contributed by atoms with Crippen LogP contribution in [0.4, 0.5) is 8.78 Å². The number of thiophene rings is 1. The number of benzene rings is 1. The van der Waals surface area contributed by atoms with E-state index in [-0.39, 0.29) is 23.7 Å². The lowest BCUT2D eigenvalue weighted by atomic mass is 9.93. The fourth-order valence-corrected chi connectivity index (χ4v) is 5.52. The first-order valence-electron chi connectivity index (χ1n) is 10.7. The van der Waals surface area contributed by atoms with Crippen molar-refractivity contribution in [1.82, 2.24) is 19.9 Å². The molecule has 0 radical (unpaired) electrons. The highest BCUT2D eigenvalue weighted by molar-refractivity contribution is 7.18. The quantitative estimate of drug-likeness (QED) is 0.480. The van der Waals surface area contributed by atoms with Gasteiger partial charge in [-0.3, -0.25) is 14.3 Å². The minimum absolute atomic E-state index is 0.0109. The van der Waals surface area contributed by atoms with Gasteiger partial charge in [-0.15, -0.1) is 11.3 Å². The number of nitrogens with zero attached hydrogens (tertiary/aromatic N) is 3. The zero-order valence-corrected chi connectivity index (χ0v) is 18.2. The Morgan fingerprint density at radius 2 is 1.97 bits per heavy atom. The van der Waals surface area contributed by atoms with Gasteiger partial charge in [0.05, 0.1) is 11.7 Å². The molecule has 5 rings (SSSR count). The molecule has 1 N–H and O–H groups in total. The molecule has 0 fully saturated rings. The third-order valence-electron chi connectivity index (χ3n) is 6.00. The second kappa shape index (κ2) is 8.88. The molecule has 1 unspecified atom stereocenters. The van der Waals surface area contributed by atoms with E-state index in [1.807, 2.05) is 18.2 Å². The number of nitrogens with one attached hydrogen (secondary N) is 1. The van der Waals surface area contributed by atoms with Gasteiger partial charge >= 0.3 is 0 Å². The maximum absolute atomic E-state index is 13.9. The van der Waals surface area contributed by atoms with E-state index in [4.69, 9.17) is 0 Å². The summed E-state index contributed by atoms with van der Waals surface area (Å²) in [4.78, 5) is 23.9. The summed E-state index contributed by atoms with van der Waals surface area (Å²) in [5.74, 6) is -1.07. The van der Waals surface area contributed by atoms with Gasteiger partial charge in [0.1, 0.15) is 16.5 Å². The van der Waals surface area contributed by atoms with Crippen LogP contribution in [0.15, 0.2) is 53.7 Å². The zero-order chi connectivity index (χ0) is 22.1. The van der Waals surface area contributed by atoms with Gasteiger partial charge in [-0.1, -0.05) is 12.1 Å². The predicted octanol–water partition coefficient (Wildman–Crippen LogP) is 4.02. The Morgan fingerprint density at radius 3 is 2.75 bits per heavy atom. The predicted molar refractivity (Wildman–Crippen MR) is 121 cm³/mol. The zero-order valence-electron chi connectivity index (χ0n) is 17.4. The van der Waals surface area contributed by atoms with E-state index in [2.05, 4.69) is 15.3 Å². The second-order valence-electron chi connectivity index (χ2n) is 8.02. The van der Waals surface area contributed by atoms with Gasteiger partial charge in [-0.25, -0.2) is 13.8 Å². The average Bonchev–Trinajstić information content (AvgIpc) is 3.17. The van der Waals surface area contributed by atoms with E-state index in [9.17, 15) is 13.6 Å². The molecule has 5 nitrogen and oxygen atoms in total. The van der Waals surface area contributed by atoms with Crippen molar-refractivity contribution < 1.29 is 8.78 Å². The normalized spacial score (nSPS) is 15.8. The van der Waals surface area contributed by atoms with Crippen molar-refractivity contribution in [3.63, 3.8) is 0 Å². The number of hydrogen-bond acceptors (Lipinski definition) is 5. The van der Waals surface area contributed by atoms with E-state index in [1.54, 1.807) is 28.4 Å². The van der Waals surface area contributed by atoms with E-state index in [0.29, 0.717) is 18.4 Å². The van der Waals surface area contributed by atoms with Gasteiger partial charge in [-0.05, 0) is 49.1 Å². The summed E-state index contributed by atoms with van der Waals surface area (Å²) in [5, 5.41) is 4.00. The number of pyridine rings is 1. The van der Waals surface area contributed by atoms with Crippen molar-refractivity contribution in [3.8, 4) is 0 Å². The van der Waals surface area contributed by atoms with Crippen molar-refractivity contribution in [2.45, 2.75) is 44.8 Å². The van der Waals surface area contributed by atoms with Crippen LogP contribution in [0.3, 0.4) is 0 Å². The Bertz CT molecular complexity index is 1300. The van der Waals surface area contributed by atoms with Gasteiger partial charge in [0.2, 0.25) is 0 Å². The minimum Gasteiger partial charge on any atom is -0.309 e. The number of halogens is 2. The van der Waals surface area contributed by atoms with Crippen LogP contribution in [-0.4, -0.2) is 20.6 Å². The molecule has 0 saturated carbocycles. The van der Waals surface area contributed by atoms with Crippen molar-refractivity contribution in [2.75, 3.05) is 0 Å². The Hall–Kier alpha value is -2.97. The molecule has 3 heterocycles. The molecular formula is C24H22F2N4OS. The average molecular weight is 453 g/mol. The molecule has 0 saturated heterocycles. The fraction of sp³-hybridized carbons (Fsp3) is 0.292. The number of rotatable bonds is 6. The molecule has 1 aliphatic rings. The smallest absolute Gasteiger partial charge is 0.262 e. The fourth-order valence-electron chi connectivity index (χ4n) is 4.26.